The molecule has 0 N–H and O–H groups in total. The van der Waals surface area contributed by atoms with E-state index in [1.54, 1.807) is 0 Å². The van der Waals surface area contributed by atoms with Crippen LogP contribution in [-0.2, 0) is 4.57 Å². The molecular weight excluding hydrogens is 1270 g/mol. The first kappa shape index (κ1) is 62.6. The summed E-state index contributed by atoms with van der Waals surface area (Å²) in [5.41, 5.74) is 19.8. The van der Waals surface area contributed by atoms with Gasteiger partial charge < -0.3 is 4.57 Å². The average molecular weight is 1340 g/mol. The van der Waals surface area contributed by atoms with Crippen molar-refractivity contribution in [1.82, 2.24) is 0 Å². The van der Waals surface area contributed by atoms with Gasteiger partial charge in [0.15, 0.2) is 0 Å². The van der Waals surface area contributed by atoms with E-state index in [2.05, 4.69) is 359 Å². The molecule has 0 aliphatic heterocycles. The van der Waals surface area contributed by atoms with Crippen LogP contribution in [0.2, 0.25) is 0 Å². The van der Waals surface area contributed by atoms with E-state index in [0.717, 1.165) is 10.9 Å². The van der Waals surface area contributed by atoms with Crippen molar-refractivity contribution < 1.29 is 4.57 Å². The van der Waals surface area contributed by atoms with E-state index in [1.165, 1.54) is 186 Å². The summed E-state index contributed by atoms with van der Waals surface area (Å²) in [7, 11) is -2.35. The molecule has 0 bridgehead atoms. The fourth-order valence-corrected chi connectivity index (χ4v) is 18.3. The number of hydrogen-bond donors (Lipinski definition) is 0. The minimum Gasteiger partial charge on any atom is -0.319 e. The minimum absolute atomic E-state index is 0.904. The first-order valence-corrected chi connectivity index (χ1v) is 40.7. The van der Waals surface area contributed by atoms with Gasteiger partial charge in [0.05, 0.1) is 0 Å². The normalized spacial score (nSPS) is 12.0. The molecule has 0 unspecified atom stereocenters. The molecule has 0 aromatic heterocycles. The Kier molecular flexibility index (Phi) is 15.4. The lowest BCUT2D eigenvalue weighted by Gasteiger charge is -2.20. The second-order valence-electron chi connectivity index (χ2n) is 28.2. The van der Waals surface area contributed by atoms with Crippen LogP contribution in [0.5, 0.6) is 0 Å². The Bertz CT molecular complexity index is 6560. The van der Waals surface area contributed by atoms with Crippen LogP contribution in [0.4, 0.5) is 0 Å². The SMILES string of the molecule is C=P(C)(C)c1cccc(-c2cc3cccc4c(-c5ccc(-c6c(-c7ccccc7)c7ccccc7c7ccccc67)cc5)cc5cccc2c5c34)c1.CP(C)(=O)c1ccc(-c2c3ccccc3c(-c3ccc(-c4c(-c5ccccc5)c5ccccc5c5ccccc45)cc3)c3ccccc23)cc1. The quantitative estimate of drug-likeness (QED) is 0.0758. The monoisotopic (exact) mass is 1340 g/mol. The third-order valence-corrected chi connectivity index (χ3v) is 24.3. The van der Waals surface area contributed by atoms with Crippen molar-refractivity contribution in [3.8, 4) is 89.0 Å². The lowest BCUT2D eigenvalue weighted by molar-refractivity contribution is 0.588. The largest absolute Gasteiger partial charge is 0.319 e. The molecule has 0 atom stereocenters. The molecular formula is C99H72OP2. The molecule has 0 saturated carbocycles. The maximum Gasteiger partial charge on any atom is 0.109 e. The van der Waals surface area contributed by atoms with Crippen molar-refractivity contribution in [1.29, 1.82) is 0 Å². The first-order valence-electron chi connectivity index (χ1n) is 35.2. The lowest BCUT2D eigenvalue weighted by atomic mass is 9.83. The third-order valence-electron chi connectivity index (χ3n) is 21.1. The van der Waals surface area contributed by atoms with Gasteiger partial charge >= 0.3 is 0 Å². The molecule has 1 nitrogen and oxygen atoms in total. The zero-order valence-electron chi connectivity index (χ0n) is 57.5. The number of rotatable bonds is 10. The van der Waals surface area contributed by atoms with Gasteiger partial charge in [-0.15, -0.1) is 0 Å². The lowest BCUT2D eigenvalue weighted by Crippen LogP contribution is -2.02. The van der Waals surface area contributed by atoms with Gasteiger partial charge in [-0.2, -0.15) is 0 Å². The van der Waals surface area contributed by atoms with Gasteiger partial charge in [0.2, 0.25) is 0 Å². The number of hydrogen-bond acceptors (Lipinski definition) is 1. The molecule has 0 aliphatic rings. The minimum atomic E-state index is -2.35. The van der Waals surface area contributed by atoms with Gasteiger partial charge in [-0.3, -0.25) is 0 Å². The average Bonchev–Trinajstić information content (AvgIpc) is 0.737. The molecule has 0 aliphatic carbocycles. The van der Waals surface area contributed by atoms with Crippen molar-refractivity contribution in [3.05, 3.63) is 352 Å². The molecule has 0 heterocycles. The van der Waals surface area contributed by atoms with Crippen molar-refractivity contribution in [3.63, 3.8) is 0 Å². The summed E-state index contributed by atoms with van der Waals surface area (Å²) >= 11 is 0. The summed E-state index contributed by atoms with van der Waals surface area (Å²) in [6, 6.07) is 129. The van der Waals surface area contributed by atoms with Gasteiger partial charge in [-0.05, 0) is 236 Å². The summed E-state index contributed by atoms with van der Waals surface area (Å²) in [5, 5.41) is 25.1. The summed E-state index contributed by atoms with van der Waals surface area (Å²) in [6.07, 6.45) is 4.53. The first-order chi connectivity index (χ1) is 49.9. The van der Waals surface area contributed by atoms with E-state index in [1.807, 2.05) is 25.5 Å². The second-order valence-corrected chi connectivity index (χ2v) is 35.3. The van der Waals surface area contributed by atoms with Crippen LogP contribution in [0.25, 0.3) is 186 Å². The Morgan fingerprint density at radius 3 is 0.804 bits per heavy atom. The standard InChI is InChI=1S/C51H37P.C48H35OP/c1-52(2,3)39-19-11-16-36(30-39)47-32-38-18-12-24-44-46(31-37-17-13-25-45(47)51(37)50(38)44)33-26-28-35(29-27-33)49-43-23-10-8-21-41(43)40-20-7-9-22-42(40)48(49)34-14-5-4-6-15-34;1-50(2,49)36-30-28-34(29-31-36)46-43-22-12-10-20-41(43)45(42-21-11-13-23-44(42)46)33-24-26-35(27-25-33)48-40-19-9-7-17-38(40)37-16-6-8-18-39(37)47(48)32-14-4-3-5-15-32/h4-32H,1H2,2-3H3;3-31H,1-2H3. The predicted molar refractivity (Wildman–Crippen MR) is 450 cm³/mol. The Labute approximate surface area is 596 Å². The fraction of sp³-hybridized carbons (Fsp3) is 0.0404. The van der Waals surface area contributed by atoms with Crippen LogP contribution in [0, 0.1) is 0 Å². The Morgan fingerprint density at radius 1 is 0.206 bits per heavy atom. The van der Waals surface area contributed by atoms with Crippen LogP contribution in [0.15, 0.2) is 352 Å². The third kappa shape index (κ3) is 10.7. The molecule has 19 aromatic rings. The molecule has 0 saturated heterocycles. The highest BCUT2D eigenvalue weighted by Crippen LogP contribution is 2.51. The second kappa shape index (κ2) is 25.2. The molecule has 0 amide bonds. The molecule has 484 valence electrons. The van der Waals surface area contributed by atoms with Crippen molar-refractivity contribution >= 4 is 128 Å². The van der Waals surface area contributed by atoms with Crippen LogP contribution >= 0.6 is 14.0 Å². The van der Waals surface area contributed by atoms with Crippen LogP contribution < -0.4 is 10.6 Å². The summed E-state index contributed by atoms with van der Waals surface area (Å²) < 4.78 is 12.8. The van der Waals surface area contributed by atoms with Crippen LogP contribution in [0.3, 0.4) is 0 Å². The smallest absolute Gasteiger partial charge is 0.109 e. The molecule has 0 fully saturated rings. The van der Waals surface area contributed by atoms with E-state index in [4.69, 9.17) is 0 Å². The predicted octanol–water partition coefficient (Wildman–Crippen LogP) is 27.1. The zero-order valence-corrected chi connectivity index (χ0v) is 59.3. The van der Waals surface area contributed by atoms with Gasteiger partial charge in [0, 0.05) is 5.30 Å². The highest BCUT2D eigenvalue weighted by Gasteiger charge is 2.24. The molecule has 19 aromatic carbocycles. The maximum atomic E-state index is 12.8. The topological polar surface area (TPSA) is 17.1 Å². The van der Waals surface area contributed by atoms with E-state index in [-0.39, 0.29) is 0 Å². The number of fused-ring (bicyclic) bond motifs is 8. The zero-order chi connectivity index (χ0) is 68.8. The Balaban J connectivity index is 0.000000146. The van der Waals surface area contributed by atoms with Crippen molar-refractivity contribution in [2.24, 2.45) is 0 Å². The van der Waals surface area contributed by atoms with Gasteiger partial charge in [0.1, 0.15) is 7.14 Å². The van der Waals surface area contributed by atoms with Gasteiger partial charge in [0.25, 0.3) is 0 Å². The van der Waals surface area contributed by atoms with E-state index >= 15 is 0 Å². The van der Waals surface area contributed by atoms with Crippen molar-refractivity contribution in [2.75, 3.05) is 26.7 Å². The van der Waals surface area contributed by atoms with Crippen LogP contribution in [-0.4, -0.2) is 33.0 Å². The molecule has 102 heavy (non-hydrogen) atoms. The van der Waals surface area contributed by atoms with E-state index in [0.29, 0.717) is 0 Å². The fourth-order valence-electron chi connectivity index (χ4n) is 16.4. The highest BCUT2D eigenvalue weighted by molar-refractivity contribution is 7.79. The van der Waals surface area contributed by atoms with E-state index < -0.39 is 14.0 Å². The van der Waals surface area contributed by atoms with Crippen molar-refractivity contribution in [2.45, 2.75) is 0 Å². The summed E-state index contributed by atoms with van der Waals surface area (Å²) in [4.78, 5) is 0. The molecule has 19 rings (SSSR count). The van der Waals surface area contributed by atoms with Gasteiger partial charge in [-0.1, -0.05) is 347 Å². The van der Waals surface area contributed by atoms with Gasteiger partial charge in [-0.25, -0.2) is 0 Å². The Morgan fingerprint density at radius 2 is 0.461 bits per heavy atom. The highest BCUT2D eigenvalue weighted by atomic mass is 31.2. The summed E-state index contributed by atoms with van der Waals surface area (Å²) in [6.45, 7) is 6.85. The van der Waals surface area contributed by atoms with E-state index in [9.17, 15) is 4.57 Å². The Hall–Kier alpha value is -11.7. The van der Waals surface area contributed by atoms with Crippen LogP contribution in [0.1, 0.15) is 0 Å². The maximum absolute atomic E-state index is 12.8. The molecule has 0 spiro atoms. The molecule has 3 heteroatoms. The summed E-state index contributed by atoms with van der Waals surface area (Å²) in [5.74, 6) is 0. The number of benzene rings is 19. The molecule has 0 radical (unpaired) electrons.